The molecular formula is C19H26N6O3. The van der Waals surface area contributed by atoms with Crippen LogP contribution >= 0.6 is 0 Å². The van der Waals surface area contributed by atoms with Gasteiger partial charge in [-0.05, 0) is 36.4 Å². The lowest BCUT2D eigenvalue weighted by atomic mass is 10.1. The molecule has 0 spiro atoms. The molecule has 0 saturated carbocycles. The summed E-state index contributed by atoms with van der Waals surface area (Å²) in [6.45, 7) is 8.74. The molecule has 0 aliphatic carbocycles. The molecule has 2 aliphatic rings. The molecule has 28 heavy (non-hydrogen) atoms. The lowest BCUT2D eigenvalue weighted by Crippen LogP contribution is -2.49. The van der Waals surface area contributed by atoms with Gasteiger partial charge in [0.1, 0.15) is 30.5 Å². The number of aromatic nitrogens is 4. The number of hydrogen-bond donors (Lipinski definition) is 0. The summed E-state index contributed by atoms with van der Waals surface area (Å²) in [6.07, 6.45) is 2.60. The first-order valence-corrected chi connectivity index (χ1v) is 9.78. The molecule has 2 aliphatic heterocycles. The predicted octanol–water partition coefficient (Wildman–Crippen LogP) is 0.740. The van der Waals surface area contributed by atoms with E-state index >= 15 is 0 Å². The SMILES string of the molecule is CCOc1cc2c(cc1CN1CCN(C(=O)Cn3cnnn3)CC1)OC(C)C2. The largest absolute Gasteiger partial charge is 0.494 e. The van der Waals surface area contributed by atoms with E-state index in [0.717, 1.165) is 43.1 Å². The number of ether oxygens (including phenoxy) is 2. The van der Waals surface area contributed by atoms with Crippen molar-refractivity contribution in [3.63, 3.8) is 0 Å². The molecule has 1 fully saturated rings. The third kappa shape index (κ3) is 4.09. The molecule has 3 heterocycles. The third-order valence-electron chi connectivity index (χ3n) is 5.19. The number of benzene rings is 1. The highest BCUT2D eigenvalue weighted by molar-refractivity contribution is 5.76. The molecule has 0 bridgehead atoms. The Balaban J connectivity index is 1.37. The fourth-order valence-electron chi connectivity index (χ4n) is 3.78. The topological polar surface area (TPSA) is 85.6 Å². The average Bonchev–Trinajstić information content (AvgIpc) is 3.31. The van der Waals surface area contributed by atoms with Crippen LogP contribution in [0.5, 0.6) is 11.5 Å². The Hall–Kier alpha value is -2.68. The summed E-state index contributed by atoms with van der Waals surface area (Å²) in [7, 11) is 0. The fraction of sp³-hybridized carbons (Fsp3) is 0.579. The molecule has 1 unspecified atom stereocenters. The number of hydrogen-bond acceptors (Lipinski definition) is 7. The number of fused-ring (bicyclic) bond motifs is 1. The molecule has 2 aromatic rings. The van der Waals surface area contributed by atoms with Gasteiger partial charge in [0.05, 0.1) is 6.61 Å². The lowest BCUT2D eigenvalue weighted by molar-refractivity contribution is -0.133. The molecule has 0 radical (unpaired) electrons. The fourth-order valence-corrected chi connectivity index (χ4v) is 3.78. The zero-order chi connectivity index (χ0) is 19.5. The van der Waals surface area contributed by atoms with Crippen LogP contribution in [0.25, 0.3) is 0 Å². The number of piperazine rings is 1. The highest BCUT2D eigenvalue weighted by atomic mass is 16.5. The first-order chi connectivity index (χ1) is 13.6. The van der Waals surface area contributed by atoms with E-state index in [2.05, 4.69) is 39.5 Å². The zero-order valence-corrected chi connectivity index (χ0v) is 16.4. The Bertz CT molecular complexity index is 817. The van der Waals surface area contributed by atoms with Crippen LogP contribution in [0, 0.1) is 0 Å². The van der Waals surface area contributed by atoms with Gasteiger partial charge >= 0.3 is 0 Å². The molecule has 150 valence electrons. The Labute approximate surface area is 164 Å². The van der Waals surface area contributed by atoms with Gasteiger partial charge in [0.15, 0.2) is 0 Å². The Morgan fingerprint density at radius 3 is 2.82 bits per heavy atom. The minimum Gasteiger partial charge on any atom is -0.494 e. The molecule has 9 nitrogen and oxygen atoms in total. The maximum atomic E-state index is 12.4. The van der Waals surface area contributed by atoms with Gasteiger partial charge in [-0.15, -0.1) is 5.10 Å². The monoisotopic (exact) mass is 386 g/mol. The van der Waals surface area contributed by atoms with Crippen molar-refractivity contribution in [3.05, 3.63) is 29.6 Å². The standard InChI is InChI=1S/C19H26N6O3/c1-3-27-17-9-15-8-14(2)28-18(15)10-16(17)11-23-4-6-24(7-5-23)19(26)12-25-13-20-21-22-25/h9-10,13-14H,3-8,11-12H2,1-2H3. The number of carbonyl (C=O) groups excluding carboxylic acids is 1. The zero-order valence-electron chi connectivity index (χ0n) is 16.4. The highest BCUT2D eigenvalue weighted by Gasteiger charge is 2.25. The van der Waals surface area contributed by atoms with Crippen LogP contribution in [0.1, 0.15) is 25.0 Å². The molecule has 4 rings (SSSR count). The van der Waals surface area contributed by atoms with Crippen LogP contribution in [0.3, 0.4) is 0 Å². The van der Waals surface area contributed by atoms with Crippen LogP contribution in [0.15, 0.2) is 18.5 Å². The van der Waals surface area contributed by atoms with Crippen molar-refractivity contribution in [1.82, 2.24) is 30.0 Å². The van der Waals surface area contributed by atoms with E-state index in [1.807, 2.05) is 11.8 Å². The molecule has 1 aromatic carbocycles. The molecule has 1 atom stereocenters. The summed E-state index contributed by atoms with van der Waals surface area (Å²) >= 11 is 0. The molecule has 1 aromatic heterocycles. The summed E-state index contributed by atoms with van der Waals surface area (Å²) in [5.74, 6) is 1.96. The van der Waals surface area contributed by atoms with E-state index in [9.17, 15) is 4.79 Å². The molecule has 9 heteroatoms. The maximum Gasteiger partial charge on any atom is 0.244 e. The van der Waals surface area contributed by atoms with Gasteiger partial charge in [0.2, 0.25) is 5.91 Å². The van der Waals surface area contributed by atoms with Crippen LogP contribution in [0.4, 0.5) is 0 Å². The van der Waals surface area contributed by atoms with E-state index in [4.69, 9.17) is 9.47 Å². The van der Waals surface area contributed by atoms with E-state index in [1.165, 1.54) is 16.6 Å². The van der Waals surface area contributed by atoms with E-state index in [1.54, 1.807) is 0 Å². The second-order valence-electron chi connectivity index (χ2n) is 7.30. The summed E-state index contributed by atoms with van der Waals surface area (Å²) in [4.78, 5) is 16.6. The van der Waals surface area contributed by atoms with Crippen molar-refractivity contribution in [1.29, 1.82) is 0 Å². The van der Waals surface area contributed by atoms with Crippen LogP contribution in [0.2, 0.25) is 0 Å². The van der Waals surface area contributed by atoms with Gasteiger partial charge in [-0.3, -0.25) is 9.69 Å². The Morgan fingerprint density at radius 2 is 2.11 bits per heavy atom. The van der Waals surface area contributed by atoms with Crippen LogP contribution < -0.4 is 9.47 Å². The number of amides is 1. The van der Waals surface area contributed by atoms with E-state index in [-0.39, 0.29) is 18.6 Å². The summed E-state index contributed by atoms with van der Waals surface area (Å²) in [5, 5.41) is 10.9. The second kappa shape index (κ2) is 8.14. The molecule has 1 saturated heterocycles. The normalized spacial score (nSPS) is 19.4. The van der Waals surface area contributed by atoms with Crippen molar-refractivity contribution in [3.8, 4) is 11.5 Å². The van der Waals surface area contributed by atoms with Crippen molar-refractivity contribution in [2.24, 2.45) is 0 Å². The highest BCUT2D eigenvalue weighted by Crippen LogP contribution is 2.35. The van der Waals surface area contributed by atoms with Crippen LogP contribution in [-0.4, -0.2) is 74.8 Å². The quantitative estimate of drug-likeness (QED) is 0.724. The summed E-state index contributed by atoms with van der Waals surface area (Å²) in [6, 6.07) is 4.25. The van der Waals surface area contributed by atoms with Gasteiger partial charge < -0.3 is 14.4 Å². The van der Waals surface area contributed by atoms with E-state index in [0.29, 0.717) is 19.7 Å². The predicted molar refractivity (Wildman–Crippen MR) is 101 cm³/mol. The minimum absolute atomic E-state index is 0.0434. The van der Waals surface area contributed by atoms with Gasteiger partial charge in [0.25, 0.3) is 0 Å². The first-order valence-electron chi connectivity index (χ1n) is 9.78. The van der Waals surface area contributed by atoms with Gasteiger partial charge in [-0.1, -0.05) is 0 Å². The average molecular weight is 386 g/mol. The number of carbonyl (C=O) groups is 1. The Morgan fingerprint density at radius 1 is 1.29 bits per heavy atom. The van der Waals surface area contributed by atoms with Crippen molar-refractivity contribution >= 4 is 5.91 Å². The van der Waals surface area contributed by atoms with Crippen molar-refractivity contribution in [2.75, 3.05) is 32.8 Å². The number of tetrazole rings is 1. The number of nitrogens with zero attached hydrogens (tertiary/aromatic N) is 6. The second-order valence-corrected chi connectivity index (χ2v) is 7.30. The first kappa shape index (κ1) is 18.7. The summed E-state index contributed by atoms with van der Waals surface area (Å²) < 4.78 is 13.3. The van der Waals surface area contributed by atoms with Gasteiger partial charge in [0, 0.05) is 50.3 Å². The Kier molecular flexibility index (Phi) is 5.43. The van der Waals surface area contributed by atoms with Crippen molar-refractivity contribution < 1.29 is 14.3 Å². The third-order valence-corrected chi connectivity index (χ3v) is 5.19. The maximum absolute atomic E-state index is 12.4. The smallest absolute Gasteiger partial charge is 0.244 e. The molecular weight excluding hydrogens is 360 g/mol. The van der Waals surface area contributed by atoms with Gasteiger partial charge in [-0.25, -0.2) is 4.68 Å². The molecule has 1 amide bonds. The lowest BCUT2D eigenvalue weighted by Gasteiger charge is -2.35. The van der Waals surface area contributed by atoms with Crippen molar-refractivity contribution in [2.45, 2.75) is 39.5 Å². The number of rotatable bonds is 6. The van der Waals surface area contributed by atoms with Gasteiger partial charge in [-0.2, -0.15) is 0 Å². The van der Waals surface area contributed by atoms with Crippen LogP contribution in [-0.2, 0) is 24.3 Å². The van der Waals surface area contributed by atoms with E-state index < -0.39 is 0 Å². The minimum atomic E-state index is 0.0434. The summed E-state index contributed by atoms with van der Waals surface area (Å²) in [5.41, 5.74) is 2.36. The molecule has 0 N–H and O–H groups in total.